The van der Waals surface area contributed by atoms with Crippen molar-refractivity contribution in [3.63, 3.8) is 0 Å². The summed E-state index contributed by atoms with van der Waals surface area (Å²) in [6.07, 6.45) is 2.31. The van der Waals surface area contributed by atoms with Gasteiger partial charge in [0.1, 0.15) is 11.5 Å². The van der Waals surface area contributed by atoms with Gasteiger partial charge in [-0.2, -0.15) is 5.10 Å². The number of carbonyl (C=O) groups is 1. The van der Waals surface area contributed by atoms with Crippen LogP contribution in [0.4, 0.5) is 10.1 Å². The predicted molar refractivity (Wildman–Crippen MR) is 114 cm³/mol. The number of para-hydroxylation sites is 2. The first-order valence-electron chi connectivity index (χ1n) is 10.0. The molecule has 6 nitrogen and oxygen atoms in total. The Balaban J connectivity index is 1.58. The van der Waals surface area contributed by atoms with Crippen LogP contribution in [-0.2, 0) is 6.54 Å². The highest BCUT2D eigenvalue weighted by atomic mass is 19.1. The van der Waals surface area contributed by atoms with E-state index in [1.807, 2.05) is 24.3 Å². The Kier molecular flexibility index (Phi) is 5.61. The van der Waals surface area contributed by atoms with Gasteiger partial charge in [-0.15, -0.1) is 0 Å². The van der Waals surface area contributed by atoms with Crippen molar-refractivity contribution < 1.29 is 9.18 Å². The number of benzene rings is 2. The van der Waals surface area contributed by atoms with Gasteiger partial charge in [-0.25, -0.2) is 9.07 Å². The molecule has 0 spiro atoms. The number of nitrogens with one attached hydrogen (secondary N) is 1. The van der Waals surface area contributed by atoms with Crippen LogP contribution in [0.5, 0.6) is 0 Å². The standard InChI is InChI=1S/C23H23FN4O2/c1-16-14-21(29)22(26-28(16)20-11-5-3-9-18(20)24)23(30)25-15-17-8-2-4-10-19(17)27-12-6-7-13-27/h2-5,8-11,14H,6-7,12-13,15H2,1H3,(H,25,30). The van der Waals surface area contributed by atoms with Gasteiger partial charge in [0.15, 0.2) is 5.69 Å². The van der Waals surface area contributed by atoms with Crippen molar-refractivity contribution in [2.75, 3.05) is 18.0 Å². The number of carbonyl (C=O) groups excluding carboxylic acids is 1. The molecule has 1 saturated heterocycles. The Labute approximate surface area is 174 Å². The van der Waals surface area contributed by atoms with Crippen LogP contribution < -0.4 is 15.6 Å². The molecule has 2 aromatic carbocycles. The Morgan fingerprint density at radius 3 is 2.47 bits per heavy atom. The smallest absolute Gasteiger partial charge is 0.276 e. The zero-order valence-electron chi connectivity index (χ0n) is 16.8. The summed E-state index contributed by atoms with van der Waals surface area (Å²) in [6.45, 7) is 3.92. The van der Waals surface area contributed by atoms with E-state index in [0.717, 1.165) is 37.2 Å². The van der Waals surface area contributed by atoms with Crippen LogP contribution in [0.2, 0.25) is 0 Å². The number of aromatic nitrogens is 2. The Morgan fingerprint density at radius 1 is 1.07 bits per heavy atom. The van der Waals surface area contributed by atoms with Crippen LogP contribution in [0.25, 0.3) is 5.69 Å². The predicted octanol–water partition coefficient (Wildman–Crippen LogP) is 3.21. The van der Waals surface area contributed by atoms with Crippen molar-refractivity contribution in [2.45, 2.75) is 26.3 Å². The zero-order valence-corrected chi connectivity index (χ0v) is 16.8. The molecule has 1 N–H and O–H groups in total. The lowest BCUT2D eigenvalue weighted by atomic mass is 10.1. The van der Waals surface area contributed by atoms with Crippen LogP contribution in [0.3, 0.4) is 0 Å². The summed E-state index contributed by atoms with van der Waals surface area (Å²) >= 11 is 0. The molecule has 2 heterocycles. The maximum atomic E-state index is 14.2. The number of amides is 1. The summed E-state index contributed by atoms with van der Waals surface area (Å²) in [5, 5.41) is 6.95. The SMILES string of the molecule is Cc1cc(=O)c(C(=O)NCc2ccccc2N2CCCC2)nn1-c1ccccc1F. The number of anilines is 1. The molecule has 0 unspecified atom stereocenters. The quantitative estimate of drug-likeness (QED) is 0.707. The monoisotopic (exact) mass is 406 g/mol. The van der Waals surface area contributed by atoms with Gasteiger partial charge in [-0.1, -0.05) is 30.3 Å². The molecule has 0 atom stereocenters. The van der Waals surface area contributed by atoms with Gasteiger partial charge in [0.2, 0.25) is 5.43 Å². The number of hydrogen-bond donors (Lipinski definition) is 1. The normalized spacial score (nSPS) is 13.5. The largest absolute Gasteiger partial charge is 0.371 e. The number of aryl methyl sites for hydroxylation is 1. The van der Waals surface area contributed by atoms with Crippen LogP contribution in [0, 0.1) is 12.7 Å². The summed E-state index contributed by atoms with van der Waals surface area (Å²) < 4.78 is 15.5. The first-order chi connectivity index (χ1) is 14.5. The highest BCUT2D eigenvalue weighted by Crippen LogP contribution is 2.24. The topological polar surface area (TPSA) is 67.2 Å². The molecule has 1 aromatic heterocycles. The molecule has 0 aliphatic carbocycles. The van der Waals surface area contributed by atoms with Gasteiger partial charge in [0.25, 0.3) is 5.91 Å². The average molecular weight is 406 g/mol. The van der Waals surface area contributed by atoms with Gasteiger partial charge >= 0.3 is 0 Å². The minimum Gasteiger partial charge on any atom is -0.371 e. The summed E-state index contributed by atoms with van der Waals surface area (Å²) in [7, 11) is 0. The molecule has 3 aromatic rings. The highest BCUT2D eigenvalue weighted by Gasteiger charge is 2.19. The molecular formula is C23H23FN4O2. The maximum absolute atomic E-state index is 14.2. The molecule has 1 aliphatic heterocycles. The lowest BCUT2D eigenvalue weighted by Crippen LogP contribution is -2.32. The van der Waals surface area contributed by atoms with E-state index in [1.165, 1.54) is 16.8 Å². The lowest BCUT2D eigenvalue weighted by Gasteiger charge is -2.21. The van der Waals surface area contributed by atoms with Crippen LogP contribution >= 0.6 is 0 Å². The third-order valence-electron chi connectivity index (χ3n) is 5.28. The second-order valence-corrected chi connectivity index (χ2v) is 7.37. The first-order valence-corrected chi connectivity index (χ1v) is 10.0. The fraction of sp³-hybridized carbons (Fsp3) is 0.261. The van der Waals surface area contributed by atoms with Gasteiger partial charge in [-0.05, 0) is 43.5 Å². The van der Waals surface area contributed by atoms with Crippen molar-refractivity contribution in [2.24, 2.45) is 0 Å². The minimum atomic E-state index is -0.582. The second-order valence-electron chi connectivity index (χ2n) is 7.37. The fourth-order valence-electron chi connectivity index (χ4n) is 3.76. The summed E-state index contributed by atoms with van der Waals surface area (Å²) in [5.74, 6) is -1.07. The summed E-state index contributed by atoms with van der Waals surface area (Å²) in [6, 6.07) is 15.3. The third-order valence-corrected chi connectivity index (χ3v) is 5.28. The Morgan fingerprint density at radius 2 is 1.73 bits per heavy atom. The van der Waals surface area contributed by atoms with Gasteiger partial charge in [-0.3, -0.25) is 9.59 Å². The number of hydrogen-bond acceptors (Lipinski definition) is 4. The maximum Gasteiger partial charge on any atom is 0.276 e. The molecule has 30 heavy (non-hydrogen) atoms. The Hall–Kier alpha value is -3.48. The van der Waals surface area contributed by atoms with E-state index < -0.39 is 17.2 Å². The number of nitrogens with zero attached hydrogens (tertiary/aromatic N) is 3. The van der Waals surface area contributed by atoms with Gasteiger partial charge < -0.3 is 10.2 Å². The Bertz CT molecular complexity index is 1140. The van der Waals surface area contributed by atoms with Crippen LogP contribution in [0.15, 0.2) is 59.4 Å². The minimum absolute atomic E-state index is 0.184. The van der Waals surface area contributed by atoms with Crippen molar-refractivity contribution in [3.8, 4) is 5.69 Å². The van der Waals surface area contributed by atoms with Crippen LogP contribution in [-0.4, -0.2) is 28.8 Å². The summed E-state index contributed by atoms with van der Waals surface area (Å²) in [5.41, 5.74) is 1.95. The van der Waals surface area contributed by atoms with E-state index in [2.05, 4.69) is 15.3 Å². The molecule has 1 aliphatic rings. The van der Waals surface area contributed by atoms with Crippen molar-refractivity contribution >= 4 is 11.6 Å². The lowest BCUT2D eigenvalue weighted by molar-refractivity contribution is 0.0943. The molecular weight excluding hydrogens is 383 g/mol. The van der Waals surface area contributed by atoms with E-state index in [0.29, 0.717) is 5.69 Å². The molecule has 154 valence electrons. The highest BCUT2D eigenvalue weighted by molar-refractivity contribution is 5.92. The van der Waals surface area contributed by atoms with Crippen LogP contribution in [0.1, 0.15) is 34.6 Å². The first kappa shape index (κ1) is 19.8. The molecule has 0 radical (unpaired) electrons. The average Bonchev–Trinajstić information content (AvgIpc) is 3.28. The zero-order chi connectivity index (χ0) is 21.1. The van der Waals surface area contributed by atoms with E-state index >= 15 is 0 Å². The number of rotatable bonds is 5. The van der Waals surface area contributed by atoms with Gasteiger partial charge in [0, 0.05) is 37.1 Å². The fourth-order valence-corrected chi connectivity index (χ4v) is 3.76. The molecule has 0 saturated carbocycles. The molecule has 1 amide bonds. The van der Waals surface area contributed by atoms with Crippen molar-refractivity contribution in [1.82, 2.24) is 15.1 Å². The number of halogens is 1. The van der Waals surface area contributed by atoms with E-state index in [1.54, 1.807) is 25.1 Å². The van der Waals surface area contributed by atoms with Crippen molar-refractivity contribution in [1.29, 1.82) is 0 Å². The molecule has 1 fully saturated rings. The third kappa shape index (κ3) is 3.96. The van der Waals surface area contributed by atoms with Gasteiger partial charge in [0.05, 0.1) is 0 Å². The molecule has 7 heteroatoms. The van der Waals surface area contributed by atoms with Crippen molar-refractivity contribution in [3.05, 3.63) is 87.6 Å². The van der Waals surface area contributed by atoms with E-state index in [4.69, 9.17) is 0 Å². The summed E-state index contributed by atoms with van der Waals surface area (Å²) in [4.78, 5) is 27.5. The van der Waals surface area contributed by atoms with E-state index in [-0.39, 0.29) is 17.9 Å². The van der Waals surface area contributed by atoms with E-state index in [9.17, 15) is 14.0 Å². The second kappa shape index (κ2) is 8.49. The molecule has 0 bridgehead atoms. The molecule has 4 rings (SSSR count).